The molecule has 0 saturated heterocycles. The van der Waals surface area contributed by atoms with Crippen molar-refractivity contribution in [2.75, 3.05) is 20.1 Å². The number of rotatable bonds is 9. The SMILES string of the molecule is CC(C)NCCCCCN(C)Cc1ccc(Cl)s1. The third-order valence-corrected chi connectivity index (χ3v) is 4.04. The molecule has 0 aliphatic heterocycles. The van der Waals surface area contributed by atoms with Crippen LogP contribution in [-0.4, -0.2) is 31.1 Å². The Kier molecular flexibility index (Phi) is 7.91. The van der Waals surface area contributed by atoms with E-state index >= 15 is 0 Å². The molecular formula is C14H25ClN2S. The lowest BCUT2D eigenvalue weighted by Crippen LogP contribution is -2.24. The number of nitrogens with one attached hydrogen (secondary N) is 1. The molecule has 0 bridgehead atoms. The van der Waals surface area contributed by atoms with Gasteiger partial charge in [0.2, 0.25) is 0 Å². The monoisotopic (exact) mass is 288 g/mol. The van der Waals surface area contributed by atoms with Crippen molar-refractivity contribution in [3.63, 3.8) is 0 Å². The van der Waals surface area contributed by atoms with Crippen molar-refractivity contribution in [2.45, 2.75) is 45.7 Å². The van der Waals surface area contributed by atoms with E-state index in [2.05, 4.69) is 37.2 Å². The first-order valence-electron chi connectivity index (χ1n) is 6.74. The molecule has 0 unspecified atom stereocenters. The Balaban J connectivity index is 2.01. The third kappa shape index (κ3) is 7.37. The highest BCUT2D eigenvalue weighted by molar-refractivity contribution is 7.16. The first-order chi connectivity index (χ1) is 8.58. The predicted molar refractivity (Wildman–Crippen MR) is 82.7 cm³/mol. The largest absolute Gasteiger partial charge is 0.315 e. The van der Waals surface area contributed by atoms with Crippen molar-refractivity contribution in [1.82, 2.24) is 10.2 Å². The van der Waals surface area contributed by atoms with Crippen LogP contribution in [0.4, 0.5) is 0 Å². The molecule has 0 fully saturated rings. The molecule has 0 aromatic carbocycles. The zero-order valence-electron chi connectivity index (χ0n) is 11.7. The summed E-state index contributed by atoms with van der Waals surface area (Å²) in [5, 5.41) is 3.45. The topological polar surface area (TPSA) is 15.3 Å². The van der Waals surface area contributed by atoms with E-state index in [1.807, 2.05) is 6.07 Å². The highest BCUT2D eigenvalue weighted by Gasteiger charge is 2.03. The number of nitrogens with zero attached hydrogens (tertiary/aromatic N) is 1. The van der Waals surface area contributed by atoms with Gasteiger partial charge in [0.15, 0.2) is 0 Å². The minimum atomic E-state index is 0.608. The van der Waals surface area contributed by atoms with Crippen molar-refractivity contribution < 1.29 is 0 Å². The molecule has 1 aromatic heterocycles. The number of halogens is 1. The van der Waals surface area contributed by atoms with Gasteiger partial charge in [0, 0.05) is 17.5 Å². The molecule has 0 amide bonds. The van der Waals surface area contributed by atoms with Crippen molar-refractivity contribution in [3.05, 3.63) is 21.3 Å². The van der Waals surface area contributed by atoms with E-state index in [0.29, 0.717) is 6.04 Å². The van der Waals surface area contributed by atoms with Gasteiger partial charge >= 0.3 is 0 Å². The Morgan fingerprint density at radius 2 is 2.06 bits per heavy atom. The van der Waals surface area contributed by atoms with Crippen LogP contribution in [0.2, 0.25) is 4.34 Å². The predicted octanol–water partition coefficient (Wildman–Crippen LogP) is 4.00. The summed E-state index contributed by atoms with van der Waals surface area (Å²) in [7, 11) is 2.18. The average molecular weight is 289 g/mol. The maximum atomic E-state index is 5.92. The molecule has 104 valence electrons. The van der Waals surface area contributed by atoms with E-state index < -0.39 is 0 Å². The summed E-state index contributed by atoms with van der Waals surface area (Å²) in [4.78, 5) is 3.72. The van der Waals surface area contributed by atoms with Gasteiger partial charge in [0.05, 0.1) is 4.34 Å². The van der Waals surface area contributed by atoms with Gasteiger partial charge in [0.25, 0.3) is 0 Å². The number of hydrogen-bond donors (Lipinski definition) is 1. The fourth-order valence-corrected chi connectivity index (χ4v) is 3.02. The smallest absolute Gasteiger partial charge is 0.0931 e. The summed E-state index contributed by atoms with van der Waals surface area (Å²) in [5.74, 6) is 0. The fraction of sp³-hybridized carbons (Fsp3) is 0.714. The van der Waals surface area contributed by atoms with Gasteiger partial charge < -0.3 is 10.2 Å². The summed E-state index contributed by atoms with van der Waals surface area (Å²) >= 11 is 7.60. The summed E-state index contributed by atoms with van der Waals surface area (Å²) in [6.07, 6.45) is 3.85. The maximum Gasteiger partial charge on any atom is 0.0931 e. The number of hydrogen-bond acceptors (Lipinski definition) is 3. The quantitative estimate of drug-likeness (QED) is 0.691. The lowest BCUT2D eigenvalue weighted by Gasteiger charge is -2.15. The van der Waals surface area contributed by atoms with Crippen molar-refractivity contribution >= 4 is 22.9 Å². The Morgan fingerprint density at radius 1 is 1.28 bits per heavy atom. The van der Waals surface area contributed by atoms with E-state index in [1.54, 1.807) is 11.3 Å². The second-order valence-corrected chi connectivity index (χ2v) is 6.91. The number of thiophene rings is 1. The minimum absolute atomic E-state index is 0.608. The summed E-state index contributed by atoms with van der Waals surface area (Å²) < 4.78 is 0.887. The third-order valence-electron chi connectivity index (χ3n) is 2.82. The molecule has 0 aliphatic rings. The van der Waals surface area contributed by atoms with E-state index in [9.17, 15) is 0 Å². The van der Waals surface area contributed by atoms with E-state index in [4.69, 9.17) is 11.6 Å². The molecule has 4 heteroatoms. The molecule has 2 nitrogen and oxygen atoms in total. The second kappa shape index (κ2) is 8.92. The molecule has 1 heterocycles. The van der Waals surface area contributed by atoms with E-state index in [0.717, 1.165) is 24.0 Å². The van der Waals surface area contributed by atoms with Crippen molar-refractivity contribution in [2.24, 2.45) is 0 Å². The zero-order chi connectivity index (χ0) is 13.4. The van der Waals surface area contributed by atoms with Crippen LogP contribution in [0.1, 0.15) is 38.0 Å². The standard InChI is InChI=1S/C14H25ClN2S/c1-12(2)16-9-5-4-6-10-17(3)11-13-7-8-14(15)18-13/h7-8,12,16H,4-6,9-11H2,1-3H3. The Hall–Kier alpha value is -0.0900. The fourth-order valence-electron chi connectivity index (χ4n) is 1.86. The highest BCUT2D eigenvalue weighted by Crippen LogP contribution is 2.22. The highest BCUT2D eigenvalue weighted by atomic mass is 35.5. The van der Waals surface area contributed by atoms with Crippen molar-refractivity contribution in [3.8, 4) is 0 Å². The summed E-state index contributed by atoms with van der Waals surface area (Å²) in [5.41, 5.74) is 0. The van der Waals surface area contributed by atoms with Crippen LogP contribution in [0.25, 0.3) is 0 Å². The van der Waals surface area contributed by atoms with Gasteiger partial charge in [-0.2, -0.15) is 0 Å². The minimum Gasteiger partial charge on any atom is -0.315 e. The van der Waals surface area contributed by atoms with Gasteiger partial charge in [-0.25, -0.2) is 0 Å². The van der Waals surface area contributed by atoms with Crippen molar-refractivity contribution in [1.29, 1.82) is 0 Å². The summed E-state index contributed by atoms with van der Waals surface area (Å²) in [6, 6.07) is 4.71. The Bertz CT molecular complexity index is 325. The molecular weight excluding hydrogens is 264 g/mol. The molecule has 0 aliphatic carbocycles. The molecule has 18 heavy (non-hydrogen) atoms. The molecule has 0 atom stereocenters. The molecule has 0 radical (unpaired) electrons. The summed E-state index contributed by atoms with van der Waals surface area (Å²) in [6.45, 7) is 7.71. The molecule has 1 N–H and O–H groups in total. The second-order valence-electron chi connectivity index (χ2n) is 5.11. The van der Waals surface area contributed by atoms with Crippen LogP contribution in [0.15, 0.2) is 12.1 Å². The van der Waals surface area contributed by atoms with Crippen LogP contribution in [0.5, 0.6) is 0 Å². The van der Waals surface area contributed by atoms with Gasteiger partial charge in [-0.05, 0) is 45.1 Å². The Labute approximate surface area is 120 Å². The Morgan fingerprint density at radius 3 is 2.67 bits per heavy atom. The molecule has 1 rings (SSSR count). The van der Waals surface area contributed by atoms with Crippen LogP contribution in [-0.2, 0) is 6.54 Å². The zero-order valence-corrected chi connectivity index (χ0v) is 13.3. The van der Waals surface area contributed by atoms with Gasteiger partial charge in [-0.1, -0.05) is 31.9 Å². The average Bonchev–Trinajstić information content (AvgIpc) is 2.68. The molecule has 0 saturated carbocycles. The number of unbranched alkanes of at least 4 members (excludes halogenated alkanes) is 2. The molecule has 1 aromatic rings. The lowest BCUT2D eigenvalue weighted by molar-refractivity contribution is 0.319. The maximum absolute atomic E-state index is 5.92. The van der Waals surface area contributed by atoms with Gasteiger partial charge in [-0.15, -0.1) is 11.3 Å². The molecule has 0 spiro atoms. The lowest BCUT2D eigenvalue weighted by atomic mass is 10.2. The first kappa shape index (κ1) is 16.0. The van der Waals surface area contributed by atoms with E-state index in [-0.39, 0.29) is 0 Å². The van der Waals surface area contributed by atoms with Gasteiger partial charge in [-0.3, -0.25) is 0 Å². The van der Waals surface area contributed by atoms with Crippen LogP contribution in [0.3, 0.4) is 0 Å². The normalized spacial score (nSPS) is 11.7. The van der Waals surface area contributed by atoms with Gasteiger partial charge in [0.1, 0.15) is 0 Å². The van der Waals surface area contributed by atoms with E-state index in [1.165, 1.54) is 24.1 Å². The van der Waals surface area contributed by atoms with Crippen LogP contribution < -0.4 is 5.32 Å². The van der Waals surface area contributed by atoms with Crippen LogP contribution >= 0.6 is 22.9 Å². The van der Waals surface area contributed by atoms with Crippen LogP contribution in [0, 0.1) is 0 Å². The first-order valence-corrected chi connectivity index (χ1v) is 7.93.